The van der Waals surface area contributed by atoms with Crippen molar-refractivity contribution in [2.24, 2.45) is 5.92 Å². The average Bonchev–Trinajstić information content (AvgIpc) is 3.36. The molecule has 2 aromatic rings. The van der Waals surface area contributed by atoms with Crippen molar-refractivity contribution in [3.05, 3.63) is 35.8 Å². The Kier molecular flexibility index (Phi) is 4.63. The van der Waals surface area contributed by atoms with Gasteiger partial charge in [-0.1, -0.05) is 0 Å². The summed E-state index contributed by atoms with van der Waals surface area (Å²) in [6.45, 7) is 3.75. The van der Waals surface area contributed by atoms with Crippen LogP contribution in [-0.2, 0) is 6.42 Å². The van der Waals surface area contributed by atoms with Crippen LogP contribution in [0.25, 0.3) is 0 Å². The Hall–Kier alpha value is -2.44. The molecule has 0 radical (unpaired) electrons. The fourth-order valence-corrected chi connectivity index (χ4v) is 3.83. The van der Waals surface area contributed by atoms with Gasteiger partial charge in [0, 0.05) is 32.4 Å². The summed E-state index contributed by atoms with van der Waals surface area (Å²) < 4.78 is 0. The highest BCUT2D eigenvalue weighted by Crippen LogP contribution is 2.22. The van der Waals surface area contributed by atoms with Crippen LogP contribution in [-0.4, -0.2) is 57.4 Å². The van der Waals surface area contributed by atoms with Gasteiger partial charge in [-0.2, -0.15) is 10.2 Å². The molecule has 132 valence electrons. The number of hydrogen-bond acceptors (Lipinski definition) is 5. The Bertz CT molecular complexity index is 693. The molecule has 2 aromatic heterocycles. The fraction of sp³-hybridized carbons (Fsp3) is 0.556. The number of rotatable bonds is 4. The molecule has 4 heterocycles. The molecule has 1 atom stereocenters. The largest absolute Gasteiger partial charge is 0.355 e. The van der Waals surface area contributed by atoms with Crippen molar-refractivity contribution in [2.75, 3.05) is 31.1 Å². The molecule has 1 unspecified atom stereocenters. The maximum absolute atomic E-state index is 12.5. The zero-order valence-electron chi connectivity index (χ0n) is 14.4. The molecule has 2 aliphatic heterocycles. The van der Waals surface area contributed by atoms with Crippen LogP contribution in [0.15, 0.2) is 24.4 Å². The predicted octanol–water partition coefficient (Wildman–Crippen LogP) is 1.89. The Labute approximate surface area is 147 Å². The van der Waals surface area contributed by atoms with Crippen LogP contribution in [0.3, 0.4) is 0 Å². The molecular weight excluding hydrogens is 316 g/mol. The number of carbonyl (C=O) groups excluding carboxylic acids is 1. The molecule has 1 amide bonds. The Morgan fingerprint density at radius 1 is 1.12 bits per heavy atom. The van der Waals surface area contributed by atoms with E-state index in [4.69, 9.17) is 0 Å². The molecule has 7 heteroatoms. The number of piperidine rings is 1. The van der Waals surface area contributed by atoms with E-state index in [-0.39, 0.29) is 5.91 Å². The molecule has 0 aliphatic carbocycles. The van der Waals surface area contributed by atoms with Crippen molar-refractivity contribution in [3.8, 4) is 0 Å². The number of likely N-dealkylation sites (tertiary alicyclic amines) is 1. The van der Waals surface area contributed by atoms with Gasteiger partial charge in [0.1, 0.15) is 5.69 Å². The van der Waals surface area contributed by atoms with Crippen LogP contribution in [0, 0.1) is 5.92 Å². The number of nitrogens with one attached hydrogen (secondary N) is 1. The molecule has 0 aromatic carbocycles. The third-order valence-corrected chi connectivity index (χ3v) is 5.17. The van der Waals surface area contributed by atoms with Crippen LogP contribution in [0.2, 0.25) is 0 Å². The van der Waals surface area contributed by atoms with Gasteiger partial charge in [-0.15, -0.1) is 5.10 Å². The van der Waals surface area contributed by atoms with Crippen LogP contribution in [0.1, 0.15) is 41.9 Å². The second kappa shape index (κ2) is 7.21. The van der Waals surface area contributed by atoms with E-state index >= 15 is 0 Å². The van der Waals surface area contributed by atoms with Crippen molar-refractivity contribution in [1.82, 2.24) is 25.3 Å². The van der Waals surface area contributed by atoms with Crippen molar-refractivity contribution in [1.29, 1.82) is 0 Å². The summed E-state index contributed by atoms with van der Waals surface area (Å²) in [4.78, 5) is 16.7. The number of anilines is 1. The highest BCUT2D eigenvalue weighted by atomic mass is 16.2. The first-order valence-electron chi connectivity index (χ1n) is 9.16. The number of aromatic amines is 1. The molecule has 4 rings (SSSR count). The summed E-state index contributed by atoms with van der Waals surface area (Å²) in [6, 6.07) is 5.91. The van der Waals surface area contributed by atoms with E-state index in [1.54, 1.807) is 12.3 Å². The third-order valence-electron chi connectivity index (χ3n) is 5.17. The number of hydrogen-bond donors (Lipinski definition) is 1. The van der Waals surface area contributed by atoms with Crippen LogP contribution < -0.4 is 4.90 Å². The normalized spacial score (nSPS) is 20.9. The van der Waals surface area contributed by atoms with E-state index in [2.05, 4.69) is 37.4 Å². The van der Waals surface area contributed by atoms with E-state index in [0.717, 1.165) is 57.0 Å². The maximum atomic E-state index is 12.5. The Morgan fingerprint density at radius 3 is 2.72 bits per heavy atom. The van der Waals surface area contributed by atoms with Crippen molar-refractivity contribution in [2.45, 2.75) is 32.1 Å². The summed E-state index contributed by atoms with van der Waals surface area (Å²) in [5.74, 6) is 1.46. The lowest BCUT2D eigenvalue weighted by Gasteiger charge is -2.32. The lowest BCUT2D eigenvalue weighted by molar-refractivity contribution is 0.0666. The van der Waals surface area contributed by atoms with Gasteiger partial charge in [-0.05, 0) is 56.2 Å². The highest BCUT2D eigenvalue weighted by Gasteiger charge is 2.25. The first-order chi connectivity index (χ1) is 12.3. The summed E-state index contributed by atoms with van der Waals surface area (Å²) in [7, 11) is 0. The van der Waals surface area contributed by atoms with E-state index in [1.807, 2.05) is 4.90 Å². The van der Waals surface area contributed by atoms with Gasteiger partial charge in [-0.3, -0.25) is 9.89 Å². The topological polar surface area (TPSA) is 78.0 Å². The van der Waals surface area contributed by atoms with Crippen molar-refractivity contribution >= 4 is 11.7 Å². The van der Waals surface area contributed by atoms with Crippen molar-refractivity contribution in [3.63, 3.8) is 0 Å². The minimum absolute atomic E-state index is 0.0395. The Morgan fingerprint density at radius 2 is 2.00 bits per heavy atom. The number of aromatic nitrogens is 4. The van der Waals surface area contributed by atoms with E-state index in [0.29, 0.717) is 11.6 Å². The molecule has 0 bridgehead atoms. The molecule has 1 N–H and O–H groups in total. The molecule has 2 fully saturated rings. The third kappa shape index (κ3) is 3.65. The smallest absolute Gasteiger partial charge is 0.271 e. The SMILES string of the molecule is O=C(c1ccn[nH]1)N1CCCC(Cc2ccc(N3CCCC3)nn2)C1. The molecule has 0 saturated carbocycles. The highest BCUT2D eigenvalue weighted by molar-refractivity contribution is 5.92. The van der Waals surface area contributed by atoms with Gasteiger partial charge in [-0.25, -0.2) is 0 Å². The fourth-order valence-electron chi connectivity index (χ4n) is 3.83. The Balaban J connectivity index is 1.36. The molecule has 25 heavy (non-hydrogen) atoms. The van der Waals surface area contributed by atoms with Crippen LogP contribution >= 0.6 is 0 Å². The standard InChI is InChI=1S/C18H24N6O/c25-18(16-7-8-19-21-16)24-11-3-4-14(13-24)12-15-5-6-17(22-20-15)23-9-1-2-10-23/h5-8,14H,1-4,9-13H2,(H,19,21). The average molecular weight is 340 g/mol. The number of H-pyrrole nitrogens is 1. The van der Waals surface area contributed by atoms with Gasteiger partial charge in [0.25, 0.3) is 5.91 Å². The number of carbonyl (C=O) groups is 1. The molecule has 2 aliphatic rings. The summed E-state index contributed by atoms with van der Waals surface area (Å²) in [6.07, 6.45) is 7.13. The summed E-state index contributed by atoms with van der Waals surface area (Å²) >= 11 is 0. The van der Waals surface area contributed by atoms with Gasteiger partial charge in [0.05, 0.1) is 5.69 Å². The van der Waals surface area contributed by atoms with Gasteiger partial charge in [0.15, 0.2) is 5.82 Å². The van der Waals surface area contributed by atoms with Crippen LogP contribution in [0.5, 0.6) is 0 Å². The number of nitrogens with zero attached hydrogens (tertiary/aromatic N) is 5. The zero-order valence-corrected chi connectivity index (χ0v) is 14.4. The second-order valence-corrected chi connectivity index (χ2v) is 7.01. The van der Waals surface area contributed by atoms with E-state index < -0.39 is 0 Å². The molecule has 0 spiro atoms. The first kappa shape index (κ1) is 16.1. The second-order valence-electron chi connectivity index (χ2n) is 7.01. The number of amides is 1. The van der Waals surface area contributed by atoms with E-state index in [9.17, 15) is 4.79 Å². The maximum Gasteiger partial charge on any atom is 0.271 e. The zero-order chi connectivity index (χ0) is 17.1. The summed E-state index contributed by atoms with van der Waals surface area (Å²) in [5, 5.41) is 15.5. The minimum Gasteiger partial charge on any atom is -0.355 e. The van der Waals surface area contributed by atoms with E-state index in [1.165, 1.54) is 12.8 Å². The quantitative estimate of drug-likeness (QED) is 0.920. The van der Waals surface area contributed by atoms with Crippen molar-refractivity contribution < 1.29 is 4.79 Å². The molecule has 2 saturated heterocycles. The molecular formula is C18H24N6O. The summed E-state index contributed by atoms with van der Waals surface area (Å²) in [5.41, 5.74) is 1.58. The monoisotopic (exact) mass is 340 g/mol. The molecule has 7 nitrogen and oxygen atoms in total. The van der Waals surface area contributed by atoms with Crippen LogP contribution in [0.4, 0.5) is 5.82 Å². The first-order valence-corrected chi connectivity index (χ1v) is 9.16. The minimum atomic E-state index is 0.0395. The van der Waals surface area contributed by atoms with Gasteiger partial charge < -0.3 is 9.80 Å². The predicted molar refractivity (Wildman–Crippen MR) is 94.4 cm³/mol. The lowest BCUT2D eigenvalue weighted by Crippen LogP contribution is -2.40. The van der Waals surface area contributed by atoms with Gasteiger partial charge >= 0.3 is 0 Å². The van der Waals surface area contributed by atoms with Gasteiger partial charge in [0.2, 0.25) is 0 Å². The lowest BCUT2D eigenvalue weighted by atomic mass is 9.93.